The lowest BCUT2D eigenvalue weighted by molar-refractivity contribution is 0.974. The molecular formula is C19H18. The van der Waals surface area contributed by atoms with E-state index in [1.165, 1.54) is 27.8 Å². The van der Waals surface area contributed by atoms with Crippen molar-refractivity contribution < 1.29 is 0 Å². The molecule has 3 rings (SSSR count). The minimum atomic E-state index is 0.410. The molecule has 0 radical (unpaired) electrons. The summed E-state index contributed by atoms with van der Waals surface area (Å²) in [5.74, 6) is 0.410. The van der Waals surface area contributed by atoms with Gasteiger partial charge in [-0.05, 0) is 35.6 Å². The number of allylic oxidation sites excluding steroid dienone is 3. The van der Waals surface area contributed by atoms with Crippen molar-refractivity contribution in [3.05, 3.63) is 89.5 Å². The molecule has 0 bridgehead atoms. The van der Waals surface area contributed by atoms with Crippen LogP contribution in [0.25, 0.3) is 5.57 Å². The van der Waals surface area contributed by atoms with Crippen molar-refractivity contribution in [2.24, 2.45) is 0 Å². The van der Waals surface area contributed by atoms with Crippen LogP contribution in [0.2, 0.25) is 0 Å². The molecule has 0 saturated carbocycles. The van der Waals surface area contributed by atoms with Crippen LogP contribution in [0.1, 0.15) is 36.0 Å². The van der Waals surface area contributed by atoms with Gasteiger partial charge >= 0.3 is 0 Å². The van der Waals surface area contributed by atoms with E-state index in [4.69, 9.17) is 0 Å². The van der Waals surface area contributed by atoms with Gasteiger partial charge < -0.3 is 0 Å². The highest BCUT2D eigenvalue weighted by Gasteiger charge is 2.28. The Balaban J connectivity index is 2.18. The SMILES string of the molecule is C=CCC1=C(C)C(c2ccccc2)c2ccccc21. The van der Waals surface area contributed by atoms with Crippen molar-refractivity contribution in [2.75, 3.05) is 0 Å². The monoisotopic (exact) mass is 246 g/mol. The summed E-state index contributed by atoms with van der Waals surface area (Å²) in [6.45, 7) is 6.16. The lowest BCUT2D eigenvalue weighted by atomic mass is 9.89. The zero-order valence-corrected chi connectivity index (χ0v) is 11.3. The summed E-state index contributed by atoms with van der Waals surface area (Å²) in [4.78, 5) is 0. The van der Waals surface area contributed by atoms with Gasteiger partial charge in [0.2, 0.25) is 0 Å². The first kappa shape index (κ1) is 12.0. The predicted molar refractivity (Wildman–Crippen MR) is 82.1 cm³/mol. The summed E-state index contributed by atoms with van der Waals surface area (Å²) in [5.41, 5.74) is 7.12. The van der Waals surface area contributed by atoms with Gasteiger partial charge in [-0.25, -0.2) is 0 Å². The van der Waals surface area contributed by atoms with E-state index in [2.05, 4.69) is 68.1 Å². The Bertz CT molecular complexity index is 632. The van der Waals surface area contributed by atoms with Crippen LogP contribution < -0.4 is 0 Å². The standard InChI is InChI=1S/C19H18/c1-3-9-16-14(2)19(15-10-5-4-6-11-15)18-13-8-7-12-17(16)18/h3-8,10-13,19H,1,9H2,2H3. The second-order valence-electron chi connectivity index (χ2n) is 5.09. The summed E-state index contributed by atoms with van der Waals surface area (Å²) >= 11 is 0. The molecule has 0 aliphatic heterocycles. The van der Waals surface area contributed by atoms with Gasteiger partial charge in [0.25, 0.3) is 0 Å². The normalized spacial score (nSPS) is 17.4. The maximum absolute atomic E-state index is 3.90. The van der Waals surface area contributed by atoms with Crippen molar-refractivity contribution in [3.8, 4) is 0 Å². The molecule has 0 aromatic heterocycles. The first-order valence-electron chi connectivity index (χ1n) is 6.77. The van der Waals surface area contributed by atoms with Crippen molar-refractivity contribution >= 4 is 5.57 Å². The second kappa shape index (κ2) is 4.89. The molecule has 2 aromatic carbocycles. The fourth-order valence-corrected chi connectivity index (χ4v) is 3.13. The average Bonchev–Trinajstić information content (AvgIpc) is 2.73. The third kappa shape index (κ3) is 1.94. The molecule has 1 aliphatic carbocycles. The van der Waals surface area contributed by atoms with E-state index in [-0.39, 0.29) is 0 Å². The van der Waals surface area contributed by atoms with E-state index in [0.717, 1.165) is 6.42 Å². The van der Waals surface area contributed by atoms with E-state index in [1.807, 2.05) is 6.08 Å². The molecule has 19 heavy (non-hydrogen) atoms. The Hall–Kier alpha value is -2.08. The molecule has 0 heteroatoms. The van der Waals surface area contributed by atoms with Crippen LogP contribution in [-0.2, 0) is 0 Å². The number of rotatable bonds is 3. The maximum atomic E-state index is 3.90. The van der Waals surface area contributed by atoms with Gasteiger partial charge in [-0.1, -0.05) is 66.2 Å². The van der Waals surface area contributed by atoms with Crippen LogP contribution in [0.5, 0.6) is 0 Å². The second-order valence-corrected chi connectivity index (χ2v) is 5.09. The van der Waals surface area contributed by atoms with Crippen LogP contribution in [0.3, 0.4) is 0 Å². The first-order chi connectivity index (χ1) is 9.33. The predicted octanol–water partition coefficient (Wildman–Crippen LogP) is 5.18. The van der Waals surface area contributed by atoms with Gasteiger partial charge in [0.15, 0.2) is 0 Å². The van der Waals surface area contributed by atoms with Gasteiger partial charge in [0.1, 0.15) is 0 Å². The van der Waals surface area contributed by atoms with E-state index in [9.17, 15) is 0 Å². The number of benzene rings is 2. The van der Waals surface area contributed by atoms with E-state index < -0.39 is 0 Å². The lowest BCUT2D eigenvalue weighted by Crippen LogP contribution is -1.98. The van der Waals surface area contributed by atoms with Gasteiger partial charge in [0, 0.05) is 5.92 Å². The minimum absolute atomic E-state index is 0.410. The Kier molecular flexibility index (Phi) is 3.08. The Morgan fingerprint density at radius 3 is 2.42 bits per heavy atom. The third-order valence-electron chi connectivity index (χ3n) is 3.99. The average molecular weight is 246 g/mol. The zero-order chi connectivity index (χ0) is 13.2. The fourth-order valence-electron chi connectivity index (χ4n) is 3.13. The molecule has 0 heterocycles. The molecule has 2 aromatic rings. The Morgan fingerprint density at radius 1 is 1.00 bits per heavy atom. The molecule has 0 amide bonds. The van der Waals surface area contributed by atoms with Gasteiger partial charge in [-0.2, -0.15) is 0 Å². The molecular weight excluding hydrogens is 228 g/mol. The number of hydrogen-bond acceptors (Lipinski definition) is 0. The maximum Gasteiger partial charge on any atom is 0.0308 e. The molecule has 1 atom stereocenters. The van der Waals surface area contributed by atoms with Crippen molar-refractivity contribution in [2.45, 2.75) is 19.3 Å². The molecule has 0 N–H and O–H groups in total. The van der Waals surface area contributed by atoms with Crippen molar-refractivity contribution in [3.63, 3.8) is 0 Å². The van der Waals surface area contributed by atoms with Gasteiger partial charge in [0.05, 0.1) is 0 Å². The summed E-state index contributed by atoms with van der Waals surface area (Å²) in [6.07, 6.45) is 2.95. The molecule has 0 fully saturated rings. The smallest absolute Gasteiger partial charge is 0.0308 e. The summed E-state index contributed by atoms with van der Waals surface area (Å²) in [5, 5.41) is 0. The molecule has 0 nitrogen and oxygen atoms in total. The molecule has 1 aliphatic rings. The topological polar surface area (TPSA) is 0 Å². The van der Waals surface area contributed by atoms with Crippen LogP contribution in [0, 0.1) is 0 Å². The summed E-state index contributed by atoms with van der Waals surface area (Å²) in [6, 6.07) is 19.5. The van der Waals surface area contributed by atoms with E-state index in [1.54, 1.807) is 0 Å². The Morgan fingerprint density at radius 2 is 1.68 bits per heavy atom. The van der Waals surface area contributed by atoms with Crippen molar-refractivity contribution in [1.82, 2.24) is 0 Å². The molecule has 94 valence electrons. The minimum Gasteiger partial charge on any atom is -0.103 e. The van der Waals surface area contributed by atoms with Crippen LogP contribution in [-0.4, -0.2) is 0 Å². The van der Waals surface area contributed by atoms with Crippen molar-refractivity contribution in [1.29, 1.82) is 0 Å². The zero-order valence-electron chi connectivity index (χ0n) is 11.3. The number of hydrogen-bond donors (Lipinski definition) is 0. The highest BCUT2D eigenvalue weighted by Crippen LogP contribution is 2.46. The molecule has 0 spiro atoms. The highest BCUT2D eigenvalue weighted by molar-refractivity contribution is 5.80. The summed E-state index contributed by atoms with van der Waals surface area (Å²) < 4.78 is 0. The van der Waals surface area contributed by atoms with Crippen LogP contribution >= 0.6 is 0 Å². The van der Waals surface area contributed by atoms with E-state index in [0.29, 0.717) is 5.92 Å². The lowest BCUT2D eigenvalue weighted by Gasteiger charge is -2.14. The van der Waals surface area contributed by atoms with Gasteiger partial charge in [-0.15, -0.1) is 6.58 Å². The van der Waals surface area contributed by atoms with E-state index >= 15 is 0 Å². The number of fused-ring (bicyclic) bond motifs is 1. The van der Waals surface area contributed by atoms with Gasteiger partial charge in [-0.3, -0.25) is 0 Å². The first-order valence-corrected chi connectivity index (χ1v) is 6.77. The highest BCUT2D eigenvalue weighted by atomic mass is 14.3. The third-order valence-corrected chi connectivity index (χ3v) is 3.99. The largest absolute Gasteiger partial charge is 0.103 e. The van der Waals surface area contributed by atoms with Crippen LogP contribution in [0.15, 0.2) is 72.8 Å². The quantitative estimate of drug-likeness (QED) is 0.654. The molecule has 0 saturated heterocycles. The van der Waals surface area contributed by atoms with Crippen LogP contribution in [0.4, 0.5) is 0 Å². The summed E-state index contributed by atoms with van der Waals surface area (Å²) in [7, 11) is 0. The Labute approximate surface area is 115 Å². The molecule has 1 unspecified atom stereocenters. The fraction of sp³-hybridized carbons (Fsp3) is 0.158.